The van der Waals surface area contributed by atoms with Gasteiger partial charge >= 0.3 is 0 Å². The minimum Gasteiger partial charge on any atom is -0.368 e. The first-order chi connectivity index (χ1) is 17.2. The number of nitrogens with one attached hydrogen (secondary N) is 1. The van der Waals surface area contributed by atoms with Gasteiger partial charge in [-0.05, 0) is 24.3 Å². The number of alkyl halides is 2. The first kappa shape index (κ1) is 22.3. The molecule has 0 radical (unpaired) electrons. The van der Waals surface area contributed by atoms with Crippen molar-refractivity contribution in [1.29, 1.82) is 0 Å². The van der Waals surface area contributed by atoms with Gasteiger partial charge in [-0.15, -0.1) is 5.10 Å². The molecule has 2 aliphatic rings. The molecule has 0 amide bonds. The third-order valence-electron chi connectivity index (χ3n) is 6.57. The van der Waals surface area contributed by atoms with Crippen molar-refractivity contribution in [2.45, 2.75) is 18.8 Å². The van der Waals surface area contributed by atoms with Crippen molar-refractivity contribution < 1.29 is 13.2 Å². The van der Waals surface area contributed by atoms with Gasteiger partial charge in [0.1, 0.15) is 0 Å². The highest BCUT2D eigenvalue weighted by Gasteiger charge is 2.62. The van der Waals surface area contributed by atoms with Crippen molar-refractivity contribution in [2.75, 3.05) is 29.0 Å². The van der Waals surface area contributed by atoms with E-state index >= 15 is 0 Å². The quantitative estimate of drug-likeness (QED) is 0.429. The molecule has 184 valence electrons. The van der Waals surface area contributed by atoms with E-state index in [0.29, 0.717) is 36.1 Å². The van der Waals surface area contributed by atoms with Crippen LogP contribution in [0.25, 0.3) is 22.6 Å². The number of pyridine rings is 1. The minimum absolute atomic E-state index is 0.137. The van der Waals surface area contributed by atoms with Gasteiger partial charge in [0.25, 0.3) is 0 Å². The van der Waals surface area contributed by atoms with Gasteiger partial charge in [-0.2, -0.15) is 4.98 Å². The maximum Gasteiger partial charge on any atom is 0.249 e. The van der Waals surface area contributed by atoms with Crippen LogP contribution in [-0.4, -0.2) is 48.7 Å². The SMILES string of the molecule is Cn1nc(-c2cnc(N3CC4(C3)CC(F)(F)C4)c(F)c2)nc1Nc1ccc(-c2ccnc(N)n2)cc1. The highest BCUT2D eigenvalue weighted by atomic mass is 19.3. The predicted molar refractivity (Wildman–Crippen MR) is 128 cm³/mol. The summed E-state index contributed by atoms with van der Waals surface area (Å²) >= 11 is 0. The van der Waals surface area contributed by atoms with E-state index in [1.807, 2.05) is 24.3 Å². The van der Waals surface area contributed by atoms with Gasteiger partial charge in [-0.3, -0.25) is 0 Å². The van der Waals surface area contributed by atoms with Crippen LogP contribution in [0.2, 0.25) is 0 Å². The number of nitrogens with two attached hydrogens (primary N) is 1. The normalized spacial score (nSPS) is 17.5. The monoisotopic (exact) mass is 493 g/mol. The average molecular weight is 493 g/mol. The summed E-state index contributed by atoms with van der Waals surface area (Å²) in [5.41, 5.74) is 8.04. The van der Waals surface area contributed by atoms with Crippen LogP contribution in [0, 0.1) is 11.2 Å². The summed E-state index contributed by atoms with van der Waals surface area (Å²) in [6, 6.07) is 10.6. The van der Waals surface area contributed by atoms with E-state index in [4.69, 9.17) is 5.73 Å². The van der Waals surface area contributed by atoms with Crippen LogP contribution in [0.15, 0.2) is 48.8 Å². The van der Waals surface area contributed by atoms with Gasteiger partial charge < -0.3 is 16.0 Å². The van der Waals surface area contributed by atoms with Crippen molar-refractivity contribution in [2.24, 2.45) is 12.5 Å². The first-order valence-electron chi connectivity index (χ1n) is 11.3. The molecule has 0 unspecified atom stereocenters. The molecule has 3 N–H and O–H groups in total. The molecule has 1 aliphatic heterocycles. The van der Waals surface area contributed by atoms with Crippen LogP contribution in [0.1, 0.15) is 12.8 Å². The number of anilines is 4. The lowest BCUT2D eigenvalue weighted by Gasteiger charge is -2.58. The van der Waals surface area contributed by atoms with Crippen LogP contribution < -0.4 is 16.0 Å². The molecule has 4 aromatic rings. The summed E-state index contributed by atoms with van der Waals surface area (Å²) in [4.78, 5) is 18.5. The van der Waals surface area contributed by atoms with Gasteiger partial charge in [0.05, 0.1) is 5.69 Å². The minimum atomic E-state index is -2.59. The molecule has 4 heterocycles. The second kappa shape index (κ2) is 7.90. The first-order valence-corrected chi connectivity index (χ1v) is 11.3. The molecule has 1 saturated heterocycles. The van der Waals surface area contributed by atoms with Crippen LogP contribution in [0.5, 0.6) is 0 Å². The maximum atomic E-state index is 14.8. The third-order valence-corrected chi connectivity index (χ3v) is 6.57. The Morgan fingerprint density at radius 3 is 2.42 bits per heavy atom. The van der Waals surface area contributed by atoms with E-state index in [-0.39, 0.29) is 24.6 Å². The fraction of sp³-hybridized carbons (Fsp3) is 0.292. The lowest BCUT2D eigenvalue weighted by molar-refractivity contribution is -0.170. The predicted octanol–water partition coefficient (Wildman–Crippen LogP) is 4.03. The molecule has 9 nitrogen and oxygen atoms in total. The van der Waals surface area contributed by atoms with Gasteiger partial charge in [0, 0.05) is 67.6 Å². The third kappa shape index (κ3) is 3.97. The number of halogens is 3. The Labute approximate surface area is 204 Å². The number of benzene rings is 1. The lowest BCUT2D eigenvalue weighted by atomic mass is 9.61. The van der Waals surface area contributed by atoms with Crippen molar-refractivity contribution >= 4 is 23.4 Å². The van der Waals surface area contributed by atoms with Crippen molar-refractivity contribution in [1.82, 2.24) is 29.7 Å². The Kier molecular flexibility index (Phi) is 4.88. The Bertz CT molecular complexity index is 1440. The molecule has 3 aromatic heterocycles. The average Bonchev–Trinajstić information content (AvgIpc) is 3.16. The van der Waals surface area contributed by atoms with Gasteiger partial charge in [0.15, 0.2) is 17.5 Å². The zero-order chi connectivity index (χ0) is 25.1. The van der Waals surface area contributed by atoms with E-state index in [1.54, 1.807) is 28.9 Å². The van der Waals surface area contributed by atoms with Crippen molar-refractivity contribution in [3.05, 3.63) is 54.6 Å². The number of nitrogens with zero attached hydrogens (tertiary/aromatic N) is 7. The number of aromatic nitrogens is 6. The zero-order valence-corrected chi connectivity index (χ0v) is 19.3. The zero-order valence-electron chi connectivity index (χ0n) is 19.3. The molecule has 0 bridgehead atoms. The second-order valence-electron chi connectivity index (χ2n) is 9.48. The van der Waals surface area contributed by atoms with Gasteiger partial charge in [-0.25, -0.2) is 32.8 Å². The van der Waals surface area contributed by atoms with Gasteiger partial charge in [0.2, 0.25) is 17.8 Å². The Morgan fingerprint density at radius 2 is 1.75 bits per heavy atom. The molecule has 1 spiro atoms. The smallest absolute Gasteiger partial charge is 0.249 e. The number of aryl methyl sites for hydroxylation is 1. The number of nitrogen functional groups attached to an aromatic ring is 1. The number of hydrogen-bond acceptors (Lipinski definition) is 8. The van der Waals surface area contributed by atoms with Crippen molar-refractivity contribution in [3.8, 4) is 22.6 Å². The van der Waals surface area contributed by atoms with Crippen LogP contribution in [0.3, 0.4) is 0 Å². The second-order valence-corrected chi connectivity index (χ2v) is 9.48. The molecule has 6 rings (SSSR count). The van der Waals surface area contributed by atoms with E-state index in [2.05, 4.69) is 30.4 Å². The molecule has 1 aromatic carbocycles. The highest BCUT2D eigenvalue weighted by molar-refractivity contribution is 5.66. The summed E-state index contributed by atoms with van der Waals surface area (Å²) in [7, 11) is 1.73. The highest BCUT2D eigenvalue weighted by Crippen LogP contribution is 2.57. The molecule has 1 saturated carbocycles. The van der Waals surface area contributed by atoms with Crippen LogP contribution >= 0.6 is 0 Å². The summed E-state index contributed by atoms with van der Waals surface area (Å²) in [6.45, 7) is 0.788. The lowest BCUT2D eigenvalue weighted by Crippen LogP contribution is -2.66. The van der Waals surface area contributed by atoms with E-state index in [9.17, 15) is 13.2 Å². The number of rotatable bonds is 5. The van der Waals surface area contributed by atoms with E-state index < -0.39 is 17.2 Å². The molecule has 12 heteroatoms. The van der Waals surface area contributed by atoms with Crippen LogP contribution in [0.4, 0.5) is 36.6 Å². The summed E-state index contributed by atoms with van der Waals surface area (Å²) in [5, 5.41) is 7.56. The van der Waals surface area contributed by atoms with Crippen LogP contribution in [-0.2, 0) is 7.05 Å². The summed E-state index contributed by atoms with van der Waals surface area (Å²) in [5.74, 6) is -1.98. The van der Waals surface area contributed by atoms with Crippen molar-refractivity contribution in [3.63, 3.8) is 0 Å². The molecule has 36 heavy (non-hydrogen) atoms. The molecular weight excluding hydrogens is 471 g/mol. The van der Waals surface area contributed by atoms with Gasteiger partial charge in [-0.1, -0.05) is 12.1 Å². The Hall–Kier alpha value is -4.22. The molecule has 1 aliphatic carbocycles. The maximum absolute atomic E-state index is 14.8. The Morgan fingerprint density at radius 1 is 1.00 bits per heavy atom. The summed E-state index contributed by atoms with van der Waals surface area (Å²) in [6.07, 6.45) is 2.83. The standard InChI is InChI=1S/C24H22F3N9/c1-35-22(31-16-4-2-14(3-5-16)18-6-7-29-21(28)32-18)33-19(34-35)15-8-17(25)20(30-9-15)36-12-23(13-36)10-24(26,27)11-23/h2-9H,10-13H2,1H3,(H2,28,29,32)(H,31,33,34). The van der Waals surface area contributed by atoms with E-state index in [1.165, 1.54) is 12.3 Å². The Balaban J connectivity index is 1.15. The fourth-order valence-electron chi connectivity index (χ4n) is 4.97. The molecular formula is C24H22F3N9. The molecule has 2 fully saturated rings. The number of hydrogen-bond donors (Lipinski definition) is 2. The molecule has 0 atom stereocenters. The topological polar surface area (TPSA) is 111 Å². The fourth-order valence-corrected chi connectivity index (χ4v) is 4.97. The largest absolute Gasteiger partial charge is 0.368 e. The summed E-state index contributed by atoms with van der Waals surface area (Å²) < 4.78 is 42.9. The van der Waals surface area contributed by atoms with E-state index in [0.717, 1.165) is 11.3 Å².